The molecule has 2 heteroatoms. The lowest BCUT2D eigenvalue weighted by Crippen LogP contribution is -1.94. The molecule has 0 spiro atoms. The van der Waals surface area contributed by atoms with E-state index >= 15 is 0 Å². The van der Waals surface area contributed by atoms with E-state index in [1.807, 2.05) is 0 Å². The average Bonchev–Trinajstić information content (AvgIpc) is 2.61. The Morgan fingerprint density at radius 1 is 0.667 bits per heavy atom. The predicted octanol–water partition coefficient (Wildman–Crippen LogP) is 5.58. The molecule has 0 aliphatic rings. The van der Waals surface area contributed by atoms with E-state index in [9.17, 15) is 0 Å². The Balaban J connectivity index is 1.92. The van der Waals surface area contributed by atoms with E-state index in [4.69, 9.17) is 0 Å². The van der Waals surface area contributed by atoms with E-state index in [2.05, 4.69) is 90.5 Å². The van der Waals surface area contributed by atoms with Gasteiger partial charge in [-0.25, -0.2) is 9.97 Å². The summed E-state index contributed by atoms with van der Waals surface area (Å²) in [7, 11) is 0. The van der Waals surface area contributed by atoms with Gasteiger partial charge in [-0.05, 0) is 41.8 Å². The van der Waals surface area contributed by atoms with Crippen molar-refractivity contribution >= 4 is 10.8 Å². The first-order valence-corrected chi connectivity index (χ1v) is 8.11. The van der Waals surface area contributed by atoms with Gasteiger partial charge in [0.1, 0.15) is 6.33 Å². The van der Waals surface area contributed by atoms with Gasteiger partial charge in [-0.3, -0.25) is 0 Å². The predicted molar refractivity (Wildman–Crippen MR) is 99.9 cm³/mol. The second-order valence-electron chi connectivity index (χ2n) is 6.08. The van der Waals surface area contributed by atoms with Gasteiger partial charge in [-0.15, -0.1) is 0 Å². The molecule has 0 saturated carbocycles. The Kier molecular flexibility index (Phi) is 3.58. The van der Waals surface area contributed by atoms with Gasteiger partial charge in [0.2, 0.25) is 0 Å². The molecule has 4 rings (SSSR count). The fourth-order valence-electron chi connectivity index (χ4n) is 3.31. The molecule has 0 radical (unpaired) electrons. The third-order valence-corrected chi connectivity index (χ3v) is 4.47. The van der Waals surface area contributed by atoms with Gasteiger partial charge in [-0.2, -0.15) is 0 Å². The molecule has 0 aliphatic carbocycles. The lowest BCUT2D eigenvalue weighted by molar-refractivity contribution is 1.17. The lowest BCUT2D eigenvalue weighted by Gasteiger charge is -2.11. The molecule has 3 aromatic carbocycles. The van der Waals surface area contributed by atoms with Gasteiger partial charge < -0.3 is 0 Å². The third-order valence-electron chi connectivity index (χ3n) is 4.47. The zero-order valence-corrected chi connectivity index (χ0v) is 13.8. The maximum atomic E-state index is 4.53. The number of hydrogen-bond acceptors (Lipinski definition) is 2. The zero-order chi connectivity index (χ0) is 16.5. The molecule has 2 nitrogen and oxygen atoms in total. The zero-order valence-electron chi connectivity index (χ0n) is 13.8. The maximum absolute atomic E-state index is 4.53. The van der Waals surface area contributed by atoms with Crippen molar-refractivity contribution in [1.29, 1.82) is 0 Å². The first-order chi connectivity index (χ1) is 11.7. The quantitative estimate of drug-likeness (QED) is 0.483. The number of aromatic nitrogens is 2. The molecular weight excluding hydrogens is 292 g/mol. The lowest BCUT2D eigenvalue weighted by atomic mass is 9.97. The van der Waals surface area contributed by atoms with Crippen molar-refractivity contribution in [2.45, 2.75) is 13.8 Å². The van der Waals surface area contributed by atoms with Crippen molar-refractivity contribution in [3.63, 3.8) is 0 Å². The van der Waals surface area contributed by atoms with Crippen LogP contribution in [0.3, 0.4) is 0 Å². The summed E-state index contributed by atoms with van der Waals surface area (Å²) in [6.07, 6.45) is 1.66. The summed E-state index contributed by atoms with van der Waals surface area (Å²) < 4.78 is 0. The molecule has 4 aromatic rings. The fraction of sp³-hybridized carbons (Fsp3) is 0.0909. The normalized spacial score (nSPS) is 10.9. The van der Waals surface area contributed by atoms with Crippen LogP contribution in [0.2, 0.25) is 0 Å². The molecule has 0 saturated heterocycles. The number of aryl methyl sites for hydroxylation is 2. The van der Waals surface area contributed by atoms with Gasteiger partial charge in [-0.1, -0.05) is 60.7 Å². The van der Waals surface area contributed by atoms with Crippen LogP contribution in [0.15, 0.2) is 73.1 Å². The SMILES string of the molecule is Cc1cccc(C)c1-c1cc(-c2cccc3ccccc23)ncn1. The van der Waals surface area contributed by atoms with E-state index in [1.54, 1.807) is 6.33 Å². The average molecular weight is 310 g/mol. The van der Waals surface area contributed by atoms with E-state index in [-0.39, 0.29) is 0 Å². The van der Waals surface area contributed by atoms with E-state index in [0.29, 0.717) is 0 Å². The van der Waals surface area contributed by atoms with Crippen molar-refractivity contribution in [3.8, 4) is 22.5 Å². The second kappa shape index (κ2) is 5.89. The monoisotopic (exact) mass is 310 g/mol. The molecule has 1 aromatic heterocycles. The molecule has 116 valence electrons. The van der Waals surface area contributed by atoms with E-state index < -0.39 is 0 Å². The molecule has 0 aliphatic heterocycles. The highest BCUT2D eigenvalue weighted by molar-refractivity contribution is 5.96. The summed E-state index contributed by atoms with van der Waals surface area (Å²) in [4.78, 5) is 9.06. The first-order valence-electron chi connectivity index (χ1n) is 8.11. The Morgan fingerprint density at radius 2 is 1.33 bits per heavy atom. The second-order valence-corrected chi connectivity index (χ2v) is 6.08. The summed E-state index contributed by atoms with van der Waals surface area (Å²) in [5, 5.41) is 2.44. The van der Waals surface area contributed by atoms with Crippen LogP contribution in [0.5, 0.6) is 0 Å². The van der Waals surface area contributed by atoms with Crippen molar-refractivity contribution < 1.29 is 0 Å². The van der Waals surface area contributed by atoms with Crippen molar-refractivity contribution in [3.05, 3.63) is 84.2 Å². The van der Waals surface area contributed by atoms with Gasteiger partial charge in [0.05, 0.1) is 11.4 Å². The van der Waals surface area contributed by atoms with Crippen LogP contribution in [0.4, 0.5) is 0 Å². The van der Waals surface area contributed by atoms with Crippen LogP contribution < -0.4 is 0 Å². The highest BCUT2D eigenvalue weighted by atomic mass is 14.8. The molecule has 0 N–H and O–H groups in total. The van der Waals surface area contributed by atoms with Crippen LogP contribution in [-0.4, -0.2) is 9.97 Å². The van der Waals surface area contributed by atoms with Gasteiger partial charge >= 0.3 is 0 Å². The molecular formula is C22H18N2. The standard InChI is InChI=1S/C22H18N2/c1-15-7-5-8-16(2)22(15)21-13-20(23-14-24-21)19-12-6-10-17-9-3-4-11-18(17)19/h3-14H,1-2H3. The number of fused-ring (bicyclic) bond motifs is 1. The number of benzene rings is 3. The number of hydrogen-bond donors (Lipinski definition) is 0. The molecule has 0 amide bonds. The molecule has 0 bridgehead atoms. The summed E-state index contributed by atoms with van der Waals surface area (Å²) >= 11 is 0. The van der Waals surface area contributed by atoms with Crippen LogP contribution in [-0.2, 0) is 0 Å². The molecule has 0 fully saturated rings. The minimum atomic E-state index is 0.958. The fourth-order valence-corrected chi connectivity index (χ4v) is 3.31. The van der Waals surface area contributed by atoms with Crippen molar-refractivity contribution in [2.24, 2.45) is 0 Å². The van der Waals surface area contributed by atoms with Crippen LogP contribution in [0.1, 0.15) is 11.1 Å². The van der Waals surface area contributed by atoms with Crippen molar-refractivity contribution in [1.82, 2.24) is 9.97 Å². The molecule has 0 unspecified atom stereocenters. The highest BCUT2D eigenvalue weighted by Crippen LogP contribution is 2.31. The number of rotatable bonds is 2. The topological polar surface area (TPSA) is 25.8 Å². The third kappa shape index (κ3) is 2.46. The highest BCUT2D eigenvalue weighted by Gasteiger charge is 2.10. The summed E-state index contributed by atoms with van der Waals surface area (Å²) in [5.74, 6) is 0. The summed E-state index contributed by atoms with van der Waals surface area (Å²) in [6, 6.07) is 23.2. The first kappa shape index (κ1) is 14.6. The molecule has 1 heterocycles. The Morgan fingerprint density at radius 3 is 2.17 bits per heavy atom. The van der Waals surface area contributed by atoms with Crippen LogP contribution >= 0.6 is 0 Å². The smallest absolute Gasteiger partial charge is 0.116 e. The van der Waals surface area contributed by atoms with Gasteiger partial charge in [0.25, 0.3) is 0 Å². The minimum Gasteiger partial charge on any atom is -0.236 e. The van der Waals surface area contributed by atoms with Gasteiger partial charge in [0, 0.05) is 11.1 Å². The van der Waals surface area contributed by atoms with Gasteiger partial charge in [0.15, 0.2) is 0 Å². The van der Waals surface area contributed by atoms with Crippen molar-refractivity contribution in [2.75, 3.05) is 0 Å². The Bertz CT molecular complexity index is 1010. The largest absolute Gasteiger partial charge is 0.236 e. The van der Waals surface area contributed by atoms with Crippen LogP contribution in [0.25, 0.3) is 33.3 Å². The Hall–Kier alpha value is -3.00. The molecule has 24 heavy (non-hydrogen) atoms. The maximum Gasteiger partial charge on any atom is 0.116 e. The number of nitrogens with zero attached hydrogens (tertiary/aromatic N) is 2. The van der Waals surface area contributed by atoms with E-state index in [1.165, 1.54) is 27.5 Å². The minimum absolute atomic E-state index is 0.958. The van der Waals surface area contributed by atoms with E-state index in [0.717, 1.165) is 17.0 Å². The Labute approximate surface area is 141 Å². The summed E-state index contributed by atoms with van der Waals surface area (Å²) in [6.45, 7) is 4.25. The van der Waals surface area contributed by atoms with Crippen LogP contribution in [0, 0.1) is 13.8 Å². The summed E-state index contributed by atoms with van der Waals surface area (Å²) in [5.41, 5.74) is 6.74. The molecule has 0 atom stereocenters.